The smallest absolute Gasteiger partial charge is 0.253 e. The van der Waals surface area contributed by atoms with E-state index in [1.165, 1.54) is 0 Å². The maximum Gasteiger partial charge on any atom is 0.253 e. The van der Waals surface area contributed by atoms with Gasteiger partial charge in [-0.25, -0.2) is 4.98 Å². The maximum absolute atomic E-state index is 12.1. The third-order valence-electron chi connectivity index (χ3n) is 2.44. The van der Waals surface area contributed by atoms with Crippen molar-refractivity contribution in [3.05, 3.63) is 28.5 Å². The Hall–Kier alpha value is -1.13. The standard InChI is InChI=1S/C12H18ClN3O/c1-9-7-10(8-11(13)15-9)12(17)16(3)6-4-5-14-2/h7-8,14H,4-6H2,1-3H3. The number of aryl methyl sites for hydroxylation is 1. The van der Waals surface area contributed by atoms with Gasteiger partial charge in [-0.15, -0.1) is 0 Å². The Balaban J connectivity index is 2.68. The molecule has 0 aliphatic carbocycles. The van der Waals surface area contributed by atoms with Gasteiger partial charge in [-0.2, -0.15) is 0 Å². The Kier molecular flexibility index (Phi) is 5.38. The van der Waals surface area contributed by atoms with E-state index in [0.717, 1.165) is 25.2 Å². The van der Waals surface area contributed by atoms with E-state index >= 15 is 0 Å². The van der Waals surface area contributed by atoms with Gasteiger partial charge in [0, 0.05) is 24.8 Å². The van der Waals surface area contributed by atoms with Crippen LogP contribution in [0.5, 0.6) is 0 Å². The first-order valence-corrected chi connectivity index (χ1v) is 5.96. The fourth-order valence-electron chi connectivity index (χ4n) is 1.57. The van der Waals surface area contributed by atoms with Crippen LogP contribution in [0.15, 0.2) is 12.1 Å². The highest BCUT2D eigenvalue weighted by molar-refractivity contribution is 6.29. The number of rotatable bonds is 5. The van der Waals surface area contributed by atoms with Gasteiger partial charge in [0.05, 0.1) is 0 Å². The number of carbonyl (C=O) groups excluding carboxylic acids is 1. The molecule has 0 atom stereocenters. The molecule has 0 saturated heterocycles. The third-order valence-corrected chi connectivity index (χ3v) is 2.63. The second-order valence-corrected chi connectivity index (χ2v) is 4.39. The third kappa shape index (κ3) is 4.32. The molecule has 0 spiro atoms. The van der Waals surface area contributed by atoms with E-state index in [4.69, 9.17) is 11.6 Å². The fourth-order valence-corrected chi connectivity index (χ4v) is 1.82. The average Bonchev–Trinajstić information content (AvgIpc) is 2.27. The van der Waals surface area contributed by atoms with E-state index in [-0.39, 0.29) is 5.91 Å². The van der Waals surface area contributed by atoms with Crippen molar-refractivity contribution in [2.75, 3.05) is 27.2 Å². The molecule has 1 aromatic rings. The van der Waals surface area contributed by atoms with Gasteiger partial charge in [-0.05, 0) is 39.1 Å². The number of nitrogens with zero attached hydrogens (tertiary/aromatic N) is 2. The summed E-state index contributed by atoms with van der Waals surface area (Å²) in [6.45, 7) is 3.44. The fraction of sp³-hybridized carbons (Fsp3) is 0.500. The predicted molar refractivity (Wildman–Crippen MR) is 69.5 cm³/mol. The summed E-state index contributed by atoms with van der Waals surface area (Å²) in [5.41, 5.74) is 1.35. The van der Waals surface area contributed by atoms with Crippen molar-refractivity contribution in [1.29, 1.82) is 0 Å². The van der Waals surface area contributed by atoms with Crippen molar-refractivity contribution >= 4 is 17.5 Å². The highest BCUT2D eigenvalue weighted by atomic mass is 35.5. The molecule has 0 fully saturated rings. The van der Waals surface area contributed by atoms with Crippen LogP contribution in [-0.2, 0) is 0 Å². The van der Waals surface area contributed by atoms with Crippen molar-refractivity contribution in [2.24, 2.45) is 0 Å². The SMILES string of the molecule is CNCCCN(C)C(=O)c1cc(C)nc(Cl)c1. The van der Waals surface area contributed by atoms with Crippen LogP contribution in [-0.4, -0.2) is 43.0 Å². The Morgan fingerprint density at radius 1 is 1.53 bits per heavy atom. The van der Waals surface area contributed by atoms with Crippen LogP contribution in [0.3, 0.4) is 0 Å². The highest BCUT2D eigenvalue weighted by Crippen LogP contribution is 2.12. The minimum Gasteiger partial charge on any atom is -0.342 e. The van der Waals surface area contributed by atoms with Crippen LogP contribution in [0.4, 0.5) is 0 Å². The first-order chi connectivity index (χ1) is 8.04. The van der Waals surface area contributed by atoms with Crippen molar-refractivity contribution < 1.29 is 4.79 Å². The minimum atomic E-state index is -0.0199. The van der Waals surface area contributed by atoms with Crippen LogP contribution in [0.2, 0.25) is 5.15 Å². The van der Waals surface area contributed by atoms with Gasteiger partial charge >= 0.3 is 0 Å². The molecule has 0 radical (unpaired) electrons. The Morgan fingerprint density at radius 3 is 2.82 bits per heavy atom. The minimum absolute atomic E-state index is 0.0199. The van der Waals surface area contributed by atoms with Gasteiger partial charge < -0.3 is 10.2 Å². The van der Waals surface area contributed by atoms with E-state index in [2.05, 4.69) is 10.3 Å². The number of aromatic nitrogens is 1. The van der Waals surface area contributed by atoms with E-state index in [1.54, 1.807) is 24.1 Å². The molecule has 0 aliphatic heterocycles. The number of pyridine rings is 1. The lowest BCUT2D eigenvalue weighted by atomic mass is 10.2. The summed E-state index contributed by atoms with van der Waals surface area (Å²) >= 11 is 5.83. The molecule has 1 heterocycles. The number of nitrogens with one attached hydrogen (secondary N) is 1. The second-order valence-electron chi connectivity index (χ2n) is 4.00. The van der Waals surface area contributed by atoms with Gasteiger partial charge in [-0.1, -0.05) is 11.6 Å². The highest BCUT2D eigenvalue weighted by Gasteiger charge is 2.12. The molecule has 0 saturated carbocycles. The maximum atomic E-state index is 12.1. The molecule has 0 aliphatic rings. The summed E-state index contributed by atoms with van der Waals surface area (Å²) in [7, 11) is 3.69. The number of hydrogen-bond donors (Lipinski definition) is 1. The van der Waals surface area contributed by atoms with Gasteiger partial charge in [0.1, 0.15) is 5.15 Å². The molecule has 1 aromatic heterocycles. The zero-order chi connectivity index (χ0) is 12.8. The zero-order valence-corrected chi connectivity index (χ0v) is 11.2. The normalized spacial score (nSPS) is 10.4. The molecule has 5 heteroatoms. The lowest BCUT2D eigenvalue weighted by molar-refractivity contribution is 0.0793. The summed E-state index contributed by atoms with van der Waals surface area (Å²) in [6, 6.07) is 3.36. The molecule has 1 amide bonds. The number of carbonyl (C=O) groups is 1. The number of hydrogen-bond acceptors (Lipinski definition) is 3. The number of halogens is 1. The molecular weight excluding hydrogens is 238 g/mol. The molecule has 4 nitrogen and oxygen atoms in total. The van der Waals surface area contributed by atoms with E-state index in [1.807, 2.05) is 14.0 Å². The summed E-state index contributed by atoms with van der Waals surface area (Å²) in [5, 5.41) is 3.41. The lowest BCUT2D eigenvalue weighted by Crippen LogP contribution is -2.29. The summed E-state index contributed by atoms with van der Waals surface area (Å²) in [6.07, 6.45) is 0.927. The van der Waals surface area contributed by atoms with Crippen LogP contribution in [0.1, 0.15) is 22.5 Å². The molecule has 1 rings (SSSR count). The van der Waals surface area contributed by atoms with Crippen molar-refractivity contribution in [3.63, 3.8) is 0 Å². The zero-order valence-electron chi connectivity index (χ0n) is 10.5. The number of amides is 1. The van der Waals surface area contributed by atoms with Crippen LogP contribution in [0.25, 0.3) is 0 Å². The largest absolute Gasteiger partial charge is 0.342 e. The van der Waals surface area contributed by atoms with Crippen LogP contribution >= 0.6 is 11.6 Å². The first-order valence-electron chi connectivity index (χ1n) is 5.59. The summed E-state index contributed by atoms with van der Waals surface area (Å²) in [5.74, 6) is -0.0199. The quantitative estimate of drug-likeness (QED) is 0.644. The lowest BCUT2D eigenvalue weighted by Gasteiger charge is -2.17. The van der Waals surface area contributed by atoms with Gasteiger partial charge in [-0.3, -0.25) is 4.79 Å². The molecule has 17 heavy (non-hydrogen) atoms. The van der Waals surface area contributed by atoms with Crippen molar-refractivity contribution in [2.45, 2.75) is 13.3 Å². The second kappa shape index (κ2) is 6.57. The van der Waals surface area contributed by atoms with E-state index in [0.29, 0.717) is 10.7 Å². The molecular formula is C12H18ClN3O. The van der Waals surface area contributed by atoms with E-state index in [9.17, 15) is 4.79 Å². The Morgan fingerprint density at radius 2 is 2.24 bits per heavy atom. The topological polar surface area (TPSA) is 45.2 Å². The average molecular weight is 256 g/mol. The molecule has 0 unspecified atom stereocenters. The predicted octanol–water partition coefficient (Wildman–Crippen LogP) is 1.72. The van der Waals surface area contributed by atoms with Gasteiger partial charge in [0.2, 0.25) is 0 Å². The van der Waals surface area contributed by atoms with Gasteiger partial charge in [0.25, 0.3) is 5.91 Å². The Bertz CT molecular complexity index is 375. The summed E-state index contributed by atoms with van der Waals surface area (Å²) in [4.78, 5) is 17.8. The van der Waals surface area contributed by atoms with Crippen molar-refractivity contribution in [1.82, 2.24) is 15.2 Å². The molecule has 0 aromatic carbocycles. The van der Waals surface area contributed by atoms with Crippen LogP contribution < -0.4 is 5.32 Å². The Labute approximate surface area is 107 Å². The van der Waals surface area contributed by atoms with Gasteiger partial charge in [0.15, 0.2) is 0 Å². The van der Waals surface area contributed by atoms with E-state index < -0.39 is 0 Å². The first kappa shape index (κ1) is 13.9. The van der Waals surface area contributed by atoms with Crippen LogP contribution in [0, 0.1) is 6.92 Å². The molecule has 0 bridgehead atoms. The molecule has 1 N–H and O–H groups in total. The monoisotopic (exact) mass is 255 g/mol. The van der Waals surface area contributed by atoms with Crippen molar-refractivity contribution in [3.8, 4) is 0 Å². The summed E-state index contributed by atoms with van der Waals surface area (Å²) < 4.78 is 0. The molecule has 94 valence electrons.